The van der Waals surface area contributed by atoms with E-state index in [1.807, 2.05) is 0 Å². The van der Waals surface area contributed by atoms with E-state index in [-0.39, 0.29) is 0 Å². The number of hydrogen-bond donors (Lipinski definition) is 1. The van der Waals surface area contributed by atoms with Crippen LogP contribution in [-0.2, 0) is 19.4 Å². The fraction of sp³-hybridized carbons (Fsp3) is 0.529. The van der Waals surface area contributed by atoms with Crippen molar-refractivity contribution < 1.29 is 0 Å². The number of nitrogens with one attached hydrogen (secondary N) is 1. The molecule has 4 nitrogen and oxygen atoms in total. The molecule has 0 saturated heterocycles. The van der Waals surface area contributed by atoms with Crippen LogP contribution in [0.4, 0.5) is 0 Å². The Bertz CT molecular complexity index is 574. The first-order valence-electron chi connectivity index (χ1n) is 7.95. The standard InChI is InChI=1S/C17H24N4/c1-13(2)16-17-20-19-15(21(17)12-11-18-16)10-6-9-14-7-4-3-5-8-14/h3-5,7-8,13,16,18H,6,9-12H2,1-2H3. The zero-order chi connectivity index (χ0) is 14.7. The predicted octanol–water partition coefficient (Wildman–Crippen LogP) is 2.75. The van der Waals surface area contributed by atoms with E-state index in [1.54, 1.807) is 0 Å². The summed E-state index contributed by atoms with van der Waals surface area (Å²) in [5, 5.41) is 12.4. The third-order valence-corrected chi connectivity index (χ3v) is 4.21. The Labute approximate surface area is 126 Å². The van der Waals surface area contributed by atoms with Gasteiger partial charge in [-0.1, -0.05) is 44.2 Å². The largest absolute Gasteiger partial charge is 0.312 e. The molecule has 1 aromatic heterocycles. The number of rotatable bonds is 5. The topological polar surface area (TPSA) is 42.7 Å². The summed E-state index contributed by atoms with van der Waals surface area (Å²) in [5.41, 5.74) is 1.40. The number of aryl methyl sites for hydroxylation is 2. The maximum Gasteiger partial charge on any atom is 0.150 e. The zero-order valence-corrected chi connectivity index (χ0v) is 12.9. The fourth-order valence-electron chi connectivity index (χ4n) is 3.06. The summed E-state index contributed by atoms with van der Waals surface area (Å²) < 4.78 is 2.33. The monoisotopic (exact) mass is 284 g/mol. The summed E-state index contributed by atoms with van der Waals surface area (Å²) in [6, 6.07) is 11.0. The Morgan fingerprint density at radius 1 is 1.19 bits per heavy atom. The molecule has 4 heteroatoms. The van der Waals surface area contributed by atoms with Crippen molar-refractivity contribution >= 4 is 0 Å². The Hall–Kier alpha value is -1.68. The number of benzene rings is 1. The second kappa shape index (κ2) is 6.39. The maximum atomic E-state index is 4.44. The average Bonchev–Trinajstić information content (AvgIpc) is 2.91. The molecule has 0 aliphatic carbocycles. The van der Waals surface area contributed by atoms with Crippen LogP contribution in [0.25, 0.3) is 0 Å². The first-order chi connectivity index (χ1) is 10.3. The summed E-state index contributed by atoms with van der Waals surface area (Å²) >= 11 is 0. The molecule has 1 atom stereocenters. The first kappa shape index (κ1) is 14.3. The normalized spacial score (nSPS) is 18.0. The molecule has 1 unspecified atom stereocenters. The molecule has 1 N–H and O–H groups in total. The van der Waals surface area contributed by atoms with Crippen LogP contribution in [0, 0.1) is 5.92 Å². The summed E-state index contributed by atoms with van der Waals surface area (Å²) in [6.07, 6.45) is 3.24. The third kappa shape index (κ3) is 3.16. The first-order valence-corrected chi connectivity index (χ1v) is 7.95. The highest BCUT2D eigenvalue weighted by Gasteiger charge is 2.26. The molecule has 2 heterocycles. The molecule has 0 saturated carbocycles. The molecule has 1 aliphatic rings. The van der Waals surface area contributed by atoms with Gasteiger partial charge in [-0.05, 0) is 24.3 Å². The van der Waals surface area contributed by atoms with E-state index in [2.05, 4.69) is 64.3 Å². The lowest BCUT2D eigenvalue weighted by molar-refractivity contribution is 0.334. The fourth-order valence-corrected chi connectivity index (χ4v) is 3.06. The second-order valence-corrected chi connectivity index (χ2v) is 6.14. The van der Waals surface area contributed by atoms with Crippen molar-refractivity contribution in [2.75, 3.05) is 6.54 Å². The minimum absolute atomic E-state index is 0.342. The van der Waals surface area contributed by atoms with Gasteiger partial charge in [0.15, 0.2) is 5.82 Å². The lowest BCUT2D eigenvalue weighted by Crippen LogP contribution is -2.37. The van der Waals surface area contributed by atoms with Gasteiger partial charge < -0.3 is 9.88 Å². The molecular weight excluding hydrogens is 260 g/mol. The van der Waals surface area contributed by atoms with Crippen LogP contribution in [0.15, 0.2) is 30.3 Å². The van der Waals surface area contributed by atoms with Crippen LogP contribution in [0.2, 0.25) is 0 Å². The van der Waals surface area contributed by atoms with Gasteiger partial charge in [-0.25, -0.2) is 0 Å². The molecule has 0 radical (unpaired) electrons. The van der Waals surface area contributed by atoms with Crippen LogP contribution >= 0.6 is 0 Å². The highest BCUT2D eigenvalue weighted by atomic mass is 15.3. The van der Waals surface area contributed by atoms with Crippen molar-refractivity contribution in [2.24, 2.45) is 5.92 Å². The smallest absolute Gasteiger partial charge is 0.150 e. The van der Waals surface area contributed by atoms with E-state index in [1.165, 1.54) is 5.56 Å². The van der Waals surface area contributed by atoms with E-state index < -0.39 is 0 Å². The van der Waals surface area contributed by atoms with E-state index >= 15 is 0 Å². The number of aromatic nitrogens is 3. The highest BCUT2D eigenvalue weighted by molar-refractivity contribution is 5.15. The molecule has 0 spiro atoms. The summed E-state index contributed by atoms with van der Waals surface area (Å²) in [5.74, 6) is 2.81. The van der Waals surface area contributed by atoms with Gasteiger partial charge in [0.2, 0.25) is 0 Å². The molecule has 112 valence electrons. The predicted molar refractivity (Wildman–Crippen MR) is 84.1 cm³/mol. The van der Waals surface area contributed by atoms with Gasteiger partial charge in [0.1, 0.15) is 5.82 Å². The molecule has 0 bridgehead atoms. The van der Waals surface area contributed by atoms with Gasteiger partial charge in [-0.15, -0.1) is 10.2 Å². The average molecular weight is 284 g/mol. The Balaban J connectivity index is 1.65. The van der Waals surface area contributed by atoms with Crippen molar-refractivity contribution in [3.8, 4) is 0 Å². The van der Waals surface area contributed by atoms with E-state index in [0.29, 0.717) is 12.0 Å². The molecule has 1 aliphatic heterocycles. The minimum atomic E-state index is 0.342. The quantitative estimate of drug-likeness (QED) is 0.918. The molecule has 0 fully saturated rings. The van der Waals surface area contributed by atoms with Crippen molar-refractivity contribution in [3.63, 3.8) is 0 Å². The molecular formula is C17H24N4. The van der Waals surface area contributed by atoms with Crippen LogP contribution in [0.5, 0.6) is 0 Å². The van der Waals surface area contributed by atoms with Gasteiger partial charge in [0, 0.05) is 19.5 Å². The van der Waals surface area contributed by atoms with E-state index in [0.717, 1.165) is 44.0 Å². The van der Waals surface area contributed by atoms with Gasteiger partial charge in [0.25, 0.3) is 0 Å². The van der Waals surface area contributed by atoms with Crippen LogP contribution in [0.3, 0.4) is 0 Å². The number of nitrogens with zero attached hydrogens (tertiary/aromatic N) is 3. The minimum Gasteiger partial charge on any atom is -0.312 e. The van der Waals surface area contributed by atoms with E-state index in [9.17, 15) is 0 Å². The summed E-state index contributed by atoms with van der Waals surface area (Å²) in [7, 11) is 0. The molecule has 2 aromatic rings. The van der Waals surface area contributed by atoms with Gasteiger partial charge >= 0.3 is 0 Å². The Morgan fingerprint density at radius 2 is 2.00 bits per heavy atom. The van der Waals surface area contributed by atoms with Crippen molar-refractivity contribution in [3.05, 3.63) is 47.5 Å². The van der Waals surface area contributed by atoms with Gasteiger partial charge in [-0.2, -0.15) is 0 Å². The van der Waals surface area contributed by atoms with Crippen LogP contribution in [-0.4, -0.2) is 21.3 Å². The van der Waals surface area contributed by atoms with Crippen molar-refractivity contribution in [2.45, 2.75) is 45.7 Å². The zero-order valence-electron chi connectivity index (χ0n) is 12.9. The molecule has 21 heavy (non-hydrogen) atoms. The summed E-state index contributed by atoms with van der Waals surface area (Å²) in [6.45, 7) is 6.47. The van der Waals surface area contributed by atoms with Crippen LogP contribution < -0.4 is 5.32 Å². The van der Waals surface area contributed by atoms with Gasteiger partial charge in [0.05, 0.1) is 6.04 Å². The highest BCUT2D eigenvalue weighted by Crippen LogP contribution is 2.24. The van der Waals surface area contributed by atoms with Gasteiger partial charge in [-0.3, -0.25) is 0 Å². The lowest BCUT2D eigenvalue weighted by Gasteiger charge is -2.27. The van der Waals surface area contributed by atoms with Crippen LogP contribution in [0.1, 0.15) is 43.5 Å². The lowest BCUT2D eigenvalue weighted by atomic mass is 10.0. The third-order valence-electron chi connectivity index (χ3n) is 4.21. The molecule has 0 amide bonds. The second-order valence-electron chi connectivity index (χ2n) is 6.14. The molecule has 1 aromatic carbocycles. The number of hydrogen-bond acceptors (Lipinski definition) is 3. The molecule has 3 rings (SSSR count). The Kier molecular flexibility index (Phi) is 4.34. The maximum absolute atomic E-state index is 4.44. The van der Waals surface area contributed by atoms with Crippen molar-refractivity contribution in [1.82, 2.24) is 20.1 Å². The number of fused-ring (bicyclic) bond motifs is 1. The van der Waals surface area contributed by atoms with Crippen molar-refractivity contribution in [1.29, 1.82) is 0 Å². The summed E-state index contributed by atoms with van der Waals surface area (Å²) in [4.78, 5) is 0. The Morgan fingerprint density at radius 3 is 2.76 bits per heavy atom. The SMILES string of the molecule is CC(C)C1NCCn2c(CCCc3ccccc3)nnc21. The van der Waals surface area contributed by atoms with E-state index in [4.69, 9.17) is 0 Å².